The van der Waals surface area contributed by atoms with Crippen LogP contribution in [0.15, 0.2) is 30.3 Å². The molecule has 2 fully saturated rings. The second kappa shape index (κ2) is 7.43. The number of carbonyl (C=O) groups is 1. The Balaban J connectivity index is 1.49. The molecule has 1 aromatic rings. The maximum absolute atomic E-state index is 12.2. The van der Waals surface area contributed by atoms with Crippen LogP contribution < -0.4 is 5.32 Å². The number of hydrogen-bond donors (Lipinski definition) is 1. The van der Waals surface area contributed by atoms with Crippen LogP contribution in [0.2, 0.25) is 0 Å². The lowest BCUT2D eigenvalue weighted by Gasteiger charge is -2.40. The van der Waals surface area contributed by atoms with E-state index >= 15 is 0 Å². The number of halogens is 2. The molecule has 1 heterocycles. The van der Waals surface area contributed by atoms with Crippen LogP contribution in [0.25, 0.3) is 0 Å². The van der Waals surface area contributed by atoms with Gasteiger partial charge in [0.1, 0.15) is 4.33 Å². The summed E-state index contributed by atoms with van der Waals surface area (Å²) in [6.45, 7) is 6.62. The molecule has 138 valence electrons. The normalized spacial score (nSPS) is 29.4. The lowest BCUT2D eigenvalue weighted by molar-refractivity contribution is -0.125. The third kappa shape index (κ3) is 4.13. The Morgan fingerprint density at radius 1 is 1.28 bits per heavy atom. The van der Waals surface area contributed by atoms with Crippen LogP contribution in [0.4, 0.5) is 0 Å². The standard InChI is InChI=1S/C19H27Cl2N3O/c1-18(14-19(18,20)21)17(25)22-9-6-10-24-12-11-23(2)13-16(24)15-7-4-3-5-8-15/h3-5,7-8,16H,6,9-14H2,1-2H3,(H,22,25)/t16-,18+/m1/s1. The van der Waals surface area contributed by atoms with Gasteiger partial charge in [0.25, 0.3) is 0 Å². The smallest absolute Gasteiger partial charge is 0.229 e. The molecule has 0 spiro atoms. The SMILES string of the molecule is CN1CCN(CCCNC(=O)[C@]2(C)CC2(Cl)Cl)[C@@H](c2ccccc2)C1. The van der Waals surface area contributed by atoms with Crippen molar-refractivity contribution in [3.8, 4) is 0 Å². The number of piperazine rings is 1. The maximum atomic E-state index is 12.2. The molecule has 1 aliphatic heterocycles. The Bertz CT molecular complexity index is 610. The van der Waals surface area contributed by atoms with Gasteiger partial charge in [-0.15, -0.1) is 23.2 Å². The van der Waals surface area contributed by atoms with Crippen LogP contribution in [0.5, 0.6) is 0 Å². The maximum Gasteiger partial charge on any atom is 0.229 e. The topological polar surface area (TPSA) is 35.6 Å². The number of nitrogens with one attached hydrogen (secondary N) is 1. The van der Waals surface area contributed by atoms with E-state index in [1.807, 2.05) is 6.92 Å². The number of likely N-dealkylation sites (N-methyl/N-ethyl adjacent to an activating group) is 1. The average Bonchev–Trinajstić information content (AvgIpc) is 3.12. The van der Waals surface area contributed by atoms with Gasteiger partial charge < -0.3 is 10.2 Å². The Morgan fingerprint density at radius 3 is 2.60 bits per heavy atom. The molecule has 0 aromatic heterocycles. The molecule has 6 heteroatoms. The number of alkyl halides is 2. The first-order valence-electron chi connectivity index (χ1n) is 8.97. The van der Waals surface area contributed by atoms with Crippen LogP contribution >= 0.6 is 23.2 Å². The fourth-order valence-corrected chi connectivity index (χ4v) is 4.25. The van der Waals surface area contributed by atoms with E-state index in [-0.39, 0.29) is 5.91 Å². The molecule has 1 aliphatic carbocycles. The summed E-state index contributed by atoms with van der Waals surface area (Å²) in [6.07, 6.45) is 1.45. The number of rotatable bonds is 6. The van der Waals surface area contributed by atoms with E-state index < -0.39 is 9.75 Å². The van der Waals surface area contributed by atoms with Crippen molar-refractivity contribution >= 4 is 29.1 Å². The Labute approximate surface area is 160 Å². The summed E-state index contributed by atoms with van der Waals surface area (Å²) in [5, 5.41) is 3.00. The van der Waals surface area contributed by atoms with E-state index in [1.165, 1.54) is 5.56 Å². The molecule has 2 atom stereocenters. The van der Waals surface area contributed by atoms with E-state index in [0.29, 0.717) is 19.0 Å². The van der Waals surface area contributed by atoms with Crippen LogP contribution in [-0.2, 0) is 4.79 Å². The highest BCUT2D eigenvalue weighted by Crippen LogP contribution is 2.63. The number of carbonyl (C=O) groups excluding carboxylic acids is 1. The predicted octanol–water partition coefficient (Wildman–Crippen LogP) is 3.07. The summed E-state index contributed by atoms with van der Waals surface area (Å²) in [5.74, 6) is -0.0320. The molecule has 1 saturated heterocycles. The van der Waals surface area contributed by atoms with Gasteiger partial charge in [0.05, 0.1) is 5.41 Å². The van der Waals surface area contributed by atoms with Gasteiger partial charge in [0.2, 0.25) is 5.91 Å². The van der Waals surface area contributed by atoms with Crippen LogP contribution in [0.1, 0.15) is 31.4 Å². The first kappa shape index (κ1) is 19.0. The fraction of sp³-hybridized carbons (Fsp3) is 0.632. The van der Waals surface area contributed by atoms with Crippen molar-refractivity contribution in [1.82, 2.24) is 15.1 Å². The molecule has 3 rings (SSSR count). The van der Waals surface area contributed by atoms with Crippen LogP contribution in [-0.4, -0.2) is 59.8 Å². The second-order valence-electron chi connectivity index (χ2n) is 7.55. The molecule has 25 heavy (non-hydrogen) atoms. The molecule has 4 nitrogen and oxygen atoms in total. The Kier molecular flexibility index (Phi) is 5.64. The van der Waals surface area contributed by atoms with Gasteiger partial charge in [0, 0.05) is 38.8 Å². The van der Waals surface area contributed by atoms with Gasteiger partial charge in [-0.05, 0) is 32.4 Å². The van der Waals surface area contributed by atoms with E-state index in [1.54, 1.807) is 0 Å². The zero-order valence-electron chi connectivity index (χ0n) is 15.0. The van der Waals surface area contributed by atoms with Crippen molar-refractivity contribution in [3.05, 3.63) is 35.9 Å². The van der Waals surface area contributed by atoms with Gasteiger partial charge in [-0.25, -0.2) is 0 Å². The van der Waals surface area contributed by atoms with Gasteiger partial charge in [-0.2, -0.15) is 0 Å². The second-order valence-corrected chi connectivity index (χ2v) is 9.03. The van der Waals surface area contributed by atoms with Crippen molar-refractivity contribution in [2.45, 2.75) is 30.1 Å². The molecule has 2 aliphatic rings. The van der Waals surface area contributed by atoms with Crippen molar-refractivity contribution < 1.29 is 4.79 Å². The Morgan fingerprint density at radius 2 is 1.96 bits per heavy atom. The highest BCUT2D eigenvalue weighted by Gasteiger charge is 2.67. The third-order valence-corrected chi connectivity index (χ3v) is 6.65. The van der Waals surface area contributed by atoms with Gasteiger partial charge >= 0.3 is 0 Å². The van der Waals surface area contributed by atoms with Gasteiger partial charge in [-0.3, -0.25) is 9.69 Å². The van der Waals surface area contributed by atoms with E-state index in [0.717, 1.165) is 32.6 Å². The lowest BCUT2D eigenvalue weighted by Crippen LogP contribution is -2.47. The van der Waals surface area contributed by atoms with Crippen molar-refractivity contribution in [2.75, 3.05) is 39.8 Å². The highest BCUT2D eigenvalue weighted by molar-refractivity contribution is 6.53. The molecular formula is C19H27Cl2N3O. The van der Waals surface area contributed by atoms with Crippen molar-refractivity contribution in [3.63, 3.8) is 0 Å². The fourth-order valence-electron chi connectivity index (χ4n) is 3.54. The largest absolute Gasteiger partial charge is 0.355 e. The highest BCUT2D eigenvalue weighted by atomic mass is 35.5. The third-order valence-electron chi connectivity index (χ3n) is 5.55. The molecule has 0 unspecified atom stereocenters. The molecule has 1 amide bonds. The zero-order chi connectivity index (χ0) is 18.1. The first-order valence-corrected chi connectivity index (χ1v) is 9.73. The predicted molar refractivity (Wildman–Crippen MR) is 103 cm³/mol. The molecule has 1 N–H and O–H groups in total. The van der Waals surface area contributed by atoms with E-state index in [9.17, 15) is 4.79 Å². The van der Waals surface area contributed by atoms with Gasteiger partial charge in [0.15, 0.2) is 0 Å². The van der Waals surface area contributed by atoms with Crippen LogP contribution in [0, 0.1) is 5.41 Å². The molecule has 1 saturated carbocycles. The van der Waals surface area contributed by atoms with E-state index in [2.05, 4.69) is 52.5 Å². The number of nitrogens with zero attached hydrogens (tertiary/aromatic N) is 2. The molecular weight excluding hydrogens is 357 g/mol. The monoisotopic (exact) mass is 383 g/mol. The average molecular weight is 384 g/mol. The van der Waals surface area contributed by atoms with E-state index in [4.69, 9.17) is 23.2 Å². The minimum atomic E-state index is -0.896. The summed E-state index contributed by atoms with van der Waals surface area (Å²) in [6, 6.07) is 11.1. The number of amides is 1. The van der Waals surface area contributed by atoms with Gasteiger partial charge in [-0.1, -0.05) is 30.3 Å². The van der Waals surface area contributed by atoms with Crippen molar-refractivity contribution in [2.24, 2.45) is 5.41 Å². The zero-order valence-corrected chi connectivity index (χ0v) is 16.5. The molecule has 1 aromatic carbocycles. The summed E-state index contributed by atoms with van der Waals surface area (Å²) in [7, 11) is 2.18. The molecule has 0 radical (unpaired) electrons. The van der Waals surface area contributed by atoms with Crippen LogP contribution in [0.3, 0.4) is 0 Å². The number of benzene rings is 1. The molecule has 0 bridgehead atoms. The minimum Gasteiger partial charge on any atom is -0.355 e. The minimum absolute atomic E-state index is 0.0320. The summed E-state index contributed by atoms with van der Waals surface area (Å²) in [4.78, 5) is 17.1. The summed E-state index contributed by atoms with van der Waals surface area (Å²) < 4.78 is -0.896. The lowest BCUT2D eigenvalue weighted by atomic mass is 10.0. The summed E-state index contributed by atoms with van der Waals surface area (Å²) in [5.41, 5.74) is 0.730. The van der Waals surface area contributed by atoms with Crippen molar-refractivity contribution in [1.29, 1.82) is 0 Å². The first-order chi connectivity index (χ1) is 11.8. The Hall–Kier alpha value is -0.810. The number of hydrogen-bond acceptors (Lipinski definition) is 3. The quantitative estimate of drug-likeness (QED) is 0.605. The summed E-state index contributed by atoms with van der Waals surface area (Å²) >= 11 is 12.1.